The third-order valence-corrected chi connectivity index (χ3v) is 1.18. The van der Waals surface area contributed by atoms with E-state index >= 15 is 0 Å². The highest BCUT2D eigenvalue weighted by atomic mass is 32.1. The second-order valence-electron chi connectivity index (χ2n) is 1.85. The molecule has 0 saturated heterocycles. The van der Waals surface area contributed by atoms with E-state index in [0.29, 0.717) is 17.4 Å². The van der Waals surface area contributed by atoms with Crippen molar-refractivity contribution >= 4 is 29.2 Å². The lowest BCUT2D eigenvalue weighted by Gasteiger charge is -2.20. The summed E-state index contributed by atoms with van der Waals surface area (Å²) in [6.07, 6.45) is 0. The van der Waals surface area contributed by atoms with E-state index in [4.69, 9.17) is 10.2 Å². The first kappa shape index (κ1) is 14.6. The maximum Gasteiger partial charge on any atom is 0.145 e. The van der Waals surface area contributed by atoms with Crippen LogP contribution < -0.4 is 11.6 Å². The maximum absolute atomic E-state index is 8.54. The molecule has 74 valence electrons. The van der Waals surface area contributed by atoms with Gasteiger partial charge in [-0.2, -0.15) is 0 Å². The average molecular weight is 213 g/mol. The number of thiol groups is 1. The number of aliphatic hydroxyl groups is 2. The Hall–Kier alpha value is 0.0800. The molecule has 0 aromatic heterocycles. The van der Waals surface area contributed by atoms with Gasteiger partial charge in [0, 0.05) is 13.1 Å². The zero-order valence-electron chi connectivity index (χ0n) is 6.73. The van der Waals surface area contributed by atoms with Crippen molar-refractivity contribution in [3.8, 4) is 0 Å². The van der Waals surface area contributed by atoms with E-state index in [2.05, 4.69) is 30.3 Å². The predicted octanol–water partition coefficient (Wildman–Crippen LogP) is -0.846. The first-order valence-corrected chi connectivity index (χ1v) is 4.02. The van der Waals surface area contributed by atoms with Gasteiger partial charge < -0.3 is 21.8 Å². The molecule has 0 heterocycles. The van der Waals surface area contributed by atoms with E-state index in [-0.39, 0.29) is 19.4 Å². The standard InChI is InChI=1S/C5H12N2O2S2.H3N/c8-3-1-7(2-4-9)6-5(10)11;/h8-9H,1-4H2,(H2,6,10,11);1H3. The van der Waals surface area contributed by atoms with Crippen molar-refractivity contribution in [2.45, 2.75) is 0 Å². The smallest absolute Gasteiger partial charge is 0.145 e. The van der Waals surface area contributed by atoms with Gasteiger partial charge in [-0.15, -0.1) is 12.6 Å². The number of rotatable bonds is 5. The summed E-state index contributed by atoms with van der Waals surface area (Å²) in [5, 5.41) is 18.7. The largest absolute Gasteiger partial charge is 0.395 e. The minimum absolute atomic E-state index is 0. The molecule has 0 saturated carbocycles. The average Bonchev–Trinajstić information content (AvgIpc) is 1.87. The lowest BCUT2D eigenvalue weighted by molar-refractivity contribution is 0.142. The van der Waals surface area contributed by atoms with Crippen molar-refractivity contribution in [2.75, 3.05) is 26.3 Å². The SMILES string of the molecule is N.OCCN(CCO)NC(=S)S. The number of nitrogens with one attached hydrogen (secondary N) is 1. The summed E-state index contributed by atoms with van der Waals surface area (Å²) in [5.41, 5.74) is 2.69. The normalized spacial score (nSPS) is 9.33. The van der Waals surface area contributed by atoms with Crippen molar-refractivity contribution in [3.05, 3.63) is 0 Å². The van der Waals surface area contributed by atoms with Crippen molar-refractivity contribution < 1.29 is 10.2 Å². The third-order valence-electron chi connectivity index (χ3n) is 0.994. The summed E-state index contributed by atoms with van der Waals surface area (Å²) in [7, 11) is 0. The number of thiocarbonyl (C=S) groups is 1. The van der Waals surface area contributed by atoms with E-state index in [1.807, 2.05) is 0 Å². The lowest BCUT2D eigenvalue weighted by atomic mass is 10.6. The van der Waals surface area contributed by atoms with Crippen molar-refractivity contribution in [1.29, 1.82) is 0 Å². The molecule has 0 fully saturated rings. The Kier molecular flexibility index (Phi) is 11.2. The van der Waals surface area contributed by atoms with Gasteiger partial charge in [-0.25, -0.2) is 5.01 Å². The van der Waals surface area contributed by atoms with Crippen LogP contribution in [0, 0.1) is 0 Å². The molecule has 6 N–H and O–H groups in total. The molecule has 0 radical (unpaired) electrons. The van der Waals surface area contributed by atoms with E-state index in [1.54, 1.807) is 5.01 Å². The van der Waals surface area contributed by atoms with Gasteiger partial charge in [0.2, 0.25) is 0 Å². The highest BCUT2D eigenvalue weighted by Gasteiger charge is 2.01. The molecule has 12 heavy (non-hydrogen) atoms. The molecule has 0 aliphatic carbocycles. The van der Waals surface area contributed by atoms with Gasteiger partial charge in [0.15, 0.2) is 0 Å². The Morgan fingerprint density at radius 1 is 1.33 bits per heavy atom. The highest BCUT2D eigenvalue weighted by molar-refractivity contribution is 8.11. The molecule has 0 spiro atoms. The molecule has 0 aromatic carbocycles. The van der Waals surface area contributed by atoms with Crippen molar-refractivity contribution in [2.24, 2.45) is 0 Å². The number of aliphatic hydroxyl groups excluding tert-OH is 2. The van der Waals surface area contributed by atoms with E-state index in [9.17, 15) is 0 Å². The van der Waals surface area contributed by atoms with Gasteiger partial charge in [-0.1, -0.05) is 12.2 Å². The Morgan fingerprint density at radius 2 is 1.75 bits per heavy atom. The van der Waals surface area contributed by atoms with Crippen LogP contribution in [0.25, 0.3) is 0 Å². The first-order chi connectivity index (χ1) is 5.20. The molecule has 5 nitrogen and oxygen atoms in total. The van der Waals surface area contributed by atoms with E-state index < -0.39 is 0 Å². The minimum Gasteiger partial charge on any atom is -0.395 e. The second kappa shape index (κ2) is 9.17. The van der Waals surface area contributed by atoms with E-state index in [1.165, 1.54) is 0 Å². The van der Waals surface area contributed by atoms with Crippen LogP contribution >= 0.6 is 24.8 Å². The predicted molar refractivity (Wildman–Crippen MR) is 55.5 cm³/mol. The fraction of sp³-hybridized carbons (Fsp3) is 0.800. The minimum atomic E-state index is 0. The molecule has 0 atom stereocenters. The zero-order valence-corrected chi connectivity index (χ0v) is 8.44. The molecule has 0 aliphatic rings. The summed E-state index contributed by atoms with van der Waals surface area (Å²) in [6.45, 7) is 0.870. The van der Waals surface area contributed by atoms with Crippen LogP contribution in [0.3, 0.4) is 0 Å². The molecule has 0 bridgehead atoms. The monoisotopic (exact) mass is 213 g/mol. The van der Waals surface area contributed by atoms with Gasteiger partial charge in [-0.05, 0) is 0 Å². The van der Waals surface area contributed by atoms with Crippen molar-refractivity contribution in [3.63, 3.8) is 0 Å². The number of nitrogens with zero attached hydrogens (tertiary/aromatic N) is 1. The summed E-state index contributed by atoms with van der Waals surface area (Å²) in [6, 6.07) is 0. The van der Waals surface area contributed by atoms with Gasteiger partial charge >= 0.3 is 0 Å². The van der Waals surface area contributed by atoms with Crippen LogP contribution in [0.2, 0.25) is 0 Å². The van der Waals surface area contributed by atoms with Gasteiger partial charge in [0.1, 0.15) is 4.32 Å². The highest BCUT2D eigenvalue weighted by Crippen LogP contribution is 1.84. The Balaban J connectivity index is 0. The molecule has 0 aliphatic heterocycles. The van der Waals surface area contributed by atoms with Crippen LogP contribution in [0.15, 0.2) is 0 Å². The Bertz CT molecular complexity index is 119. The quantitative estimate of drug-likeness (QED) is 0.232. The van der Waals surface area contributed by atoms with Crippen molar-refractivity contribution in [1.82, 2.24) is 16.6 Å². The van der Waals surface area contributed by atoms with Crippen LogP contribution in [-0.4, -0.2) is 45.8 Å². The maximum atomic E-state index is 8.54. The molecule has 7 heteroatoms. The summed E-state index contributed by atoms with van der Waals surface area (Å²) < 4.78 is 0.326. The van der Waals surface area contributed by atoms with Crippen LogP contribution in [0.1, 0.15) is 0 Å². The molecule has 0 aromatic rings. The molecule has 0 unspecified atom stereocenters. The lowest BCUT2D eigenvalue weighted by Crippen LogP contribution is -2.43. The number of hydrogen-bond donors (Lipinski definition) is 5. The van der Waals surface area contributed by atoms with E-state index in [0.717, 1.165) is 0 Å². The van der Waals surface area contributed by atoms with Crippen LogP contribution in [0.4, 0.5) is 0 Å². The Morgan fingerprint density at radius 3 is 2.00 bits per heavy atom. The van der Waals surface area contributed by atoms with Crippen LogP contribution in [-0.2, 0) is 0 Å². The fourth-order valence-corrected chi connectivity index (χ4v) is 0.871. The first-order valence-electron chi connectivity index (χ1n) is 3.17. The van der Waals surface area contributed by atoms with Gasteiger partial charge in [0.25, 0.3) is 0 Å². The molecular weight excluding hydrogens is 198 g/mol. The molecule has 0 amide bonds. The number of hydrogen-bond acceptors (Lipinski definition) is 5. The Labute approximate surface area is 82.7 Å². The summed E-state index contributed by atoms with van der Waals surface area (Å²) >= 11 is 8.49. The summed E-state index contributed by atoms with van der Waals surface area (Å²) in [5.74, 6) is 0. The summed E-state index contributed by atoms with van der Waals surface area (Å²) in [4.78, 5) is 0. The fourth-order valence-electron chi connectivity index (χ4n) is 0.600. The number of hydrazine groups is 1. The second-order valence-corrected chi connectivity index (χ2v) is 3.01. The molecule has 0 rings (SSSR count). The third kappa shape index (κ3) is 8.18. The van der Waals surface area contributed by atoms with Gasteiger partial charge in [-0.3, -0.25) is 0 Å². The van der Waals surface area contributed by atoms with Crippen LogP contribution in [0.5, 0.6) is 0 Å². The molecular formula is C5H15N3O2S2. The van der Waals surface area contributed by atoms with Gasteiger partial charge in [0.05, 0.1) is 13.2 Å². The zero-order chi connectivity index (χ0) is 8.69. The topological polar surface area (TPSA) is 90.7 Å².